The molecule has 1 unspecified atom stereocenters. The number of carbonyl (C=O) groups is 3. The van der Waals surface area contributed by atoms with E-state index < -0.39 is 66.4 Å². The Balaban J connectivity index is 1.72. The lowest BCUT2D eigenvalue weighted by atomic mass is 9.74. The lowest BCUT2D eigenvalue weighted by Gasteiger charge is -2.51. The molecule has 0 aliphatic carbocycles. The molecule has 6 bridgehead atoms. The van der Waals surface area contributed by atoms with Gasteiger partial charge in [-0.05, 0) is 50.2 Å². The van der Waals surface area contributed by atoms with Crippen molar-refractivity contribution in [2.45, 2.75) is 184 Å². The van der Waals surface area contributed by atoms with Crippen LogP contribution in [0.25, 0.3) is 0 Å². The van der Waals surface area contributed by atoms with Gasteiger partial charge in [-0.1, -0.05) is 58.6 Å². The van der Waals surface area contributed by atoms with Gasteiger partial charge in [-0.15, -0.1) is 6.58 Å². The van der Waals surface area contributed by atoms with E-state index in [0.29, 0.717) is 25.7 Å². The second kappa shape index (κ2) is 21.0. The van der Waals surface area contributed by atoms with Crippen LogP contribution in [-0.2, 0) is 47.5 Å². The first-order chi connectivity index (χ1) is 25.8. The Labute approximate surface area is 320 Å². The number of carbonyl (C=O) groups excluding carboxylic acids is 3. The molecule has 54 heavy (non-hydrogen) atoms. The van der Waals surface area contributed by atoms with E-state index >= 15 is 0 Å². The summed E-state index contributed by atoms with van der Waals surface area (Å²) in [6, 6.07) is 0. The van der Waals surface area contributed by atoms with Crippen LogP contribution in [0.4, 0.5) is 0 Å². The minimum atomic E-state index is -2.27. The Morgan fingerprint density at radius 2 is 1.69 bits per heavy atom. The molecular weight excluding hydrogens is 700 g/mol. The molecule has 0 aromatic heterocycles. The molecule has 306 valence electrons. The molecule has 0 spiro atoms. The van der Waals surface area contributed by atoms with Crippen LogP contribution in [0.3, 0.4) is 0 Å². The molecule has 0 radical (unpaired) electrons. The van der Waals surface area contributed by atoms with Crippen molar-refractivity contribution in [2.75, 3.05) is 13.7 Å². The predicted octanol–water partition coefficient (Wildman–Crippen LogP) is 5.27. The van der Waals surface area contributed by atoms with Gasteiger partial charge < -0.3 is 48.5 Å². The van der Waals surface area contributed by atoms with E-state index in [2.05, 4.69) is 13.5 Å². The van der Waals surface area contributed by atoms with Crippen molar-refractivity contribution in [3.8, 4) is 0 Å². The molecular formula is C41H64O13. The average molecular weight is 765 g/mol. The summed E-state index contributed by atoms with van der Waals surface area (Å²) in [6.07, 6.45) is 9.26. The molecule has 13 heteroatoms. The molecule has 4 aliphatic heterocycles. The second-order valence-electron chi connectivity index (χ2n) is 15.8. The highest BCUT2D eigenvalue weighted by molar-refractivity contribution is 5.83. The van der Waals surface area contributed by atoms with Gasteiger partial charge >= 0.3 is 17.9 Å². The lowest BCUT2D eigenvalue weighted by molar-refractivity contribution is -0.327. The summed E-state index contributed by atoms with van der Waals surface area (Å²) in [5.41, 5.74) is -1.08. The summed E-state index contributed by atoms with van der Waals surface area (Å²) in [4.78, 5) is 39.1. The van der Waals surface area contributed by atoms with Gasteiger partial charge in [-0.25, -0.2) is 4.79 Å². The van der Waals surface area contributed by atoms with Gasteiger partial charge in [-0.3, -0.25) is 9.59 Å². The van der Waals surface area contributed by atoms with E-state index in [1.165, 1.54) is 13.2 Å². The fourth-order valence-corrected chi connectivity index (χ4v) is 7.89. The fraction of sp³-hybridized carbons (Fsp3) is 0.780. The minimum absolute atomic E-state index is 0.0116. The molecule has 13 nitrogen and oxygen atoms in total. The average Bonchev–Trinajstić information content (AvgIpc) is 3.11. The van der Waals surface area contributed by atoms with Gasteiger partial charge in [-0.2, -0.15) is 0 Å². The summed E-state index contributed by atoms with van der Waals surface area (Å²) >= 11 is 0. The first-order valence-electron chi connectivity index (χ1n) is 19.9. The molecule has 0 aromatic carbocycles. The number of ether oxygens (including phenoxy) is 7. The zero-order valence-electron chi connectivity index (χ0n) is 32.7. The van der Waals surface area contributed by atoms with E-state index in [0.717, 1.165) is 44.9 Å². The van der Waals surface area contributed by atoms with Crippen molar-refractivity contribution in [3.63, 3.8) is 0 Å². The van der Waals surface area contributed by atoms with E-state index in [1.54, 1.807) is 32.1 Å². The molecule has 3 saturated heterocycles. The first-order valence-corrected chi connectivity index (χ1v) is 19.9. The van der Waals surface area contributed by atoms with Gasteiger partial charge in [0.15, 0.2) is 12.4 Å². The smallest absolute Gasteiger partial charge is 0.330 e. The highest BCUT2D eigenvalue weighted by atomic mass is 16.7. The number of hydrogen-bond acceptors (Lipinski definition) is 13. The minimum Gasteiger partial charge on any atom is -0.466 e. The second-order valence-corrected chi connectivity index (χ2v) is 15.8. The number of unbranched alkanes of at least 4 members (excludes halogenated alkanes) is 4. The van der Waals surface area contributed by atoms with Crippen LogP contribution in [0, 0.1) is 5.41 Å². The molecule has 0 aromatic rings. The van der Waals surface area contributed by atoms with Crippen LogP contribution in [0.1, 0.15) is 124 Å². The molecule has 3 fully saturated rings. The fourth-order valence-electron chi connectivity index (χ4n) is 7.89. The van der Waals surface area contributed by atoms with Gasteiger partial charge in [0, 0.05) is 43.6 Å². The highest BCUT2D eigenvalue weighted by Crippen LogP contribution is 2.47. The Morgan fingerprint density at radius 1 is 0.963 bits per heavy atom. The Bertz CT molecular complexity index is 1300. The number of fused-ring (bicyclic) bond motifs is 6. The van der Waals surface area contributed by atoms with E-state index in [9.17, 15) is 29.7 Å². The number of esters is 3. The summed E-state index contributed by atoms with van der Waals surface area (Å²) < 4.78 is 42.2. The summed E-state index contributed by atoms with van der Waals surface area (Å²) in [5.74, 6) is -4.26. The van der Waals surface area contributed by atoms with Crippen molar-refractivity contribution in [1.29, 1.82) is 0 Å². The summed E-state index contributed by atoms with van der Waals surface area (Å²) in [6.45, 7) is 8.86. The van der Waals surface area contributed by atoms with Crippen molar-refractivity contribution in [2.24, 2.45) is 5.41 Å². The number of hydrogen-bond donors (Lipinski definition) is 3. The molecule has 4 heterocycles. The number of aliphatic hydroxyl groups is 3. The molecule has 0 amide bonds. The van der Waals surface area contributed by atoms with Crippen molar-refractivity contribution >= 4 is 17.9 Å². The van der Waals surface area contributed by atoms with Gasteiger partial charge in [0.1, 0.15) is 6.10 Å². The number of methoxy groups -OCH3 is 1. The lowest BCUT2D eigenvalue weighted by Crippen LogP contribution is -2.62. The maximum atomic E-state index is 13.4. The largest absolute Gasteiger partial charge is 0.466 e. The van der Waals surface area contributed by atoms with Gasteiger partial charge in [0.2, 0.25) is 5.79 Å². The van der Waals surface area contributed by atoms with Crippen LogP contribution in [0.15, 0.2) is 36.5 Å². The quantitative estimate of drug-likeness (QED) is 0.0816. The van der Waals surface area contributed by atoms with E-state index in [-0.39, 0.29) is 62.1 Å². The third-order valence-corrected chi connectivity index (χ3v) is 10.9. The molecule has 4 rings (SSSR count). The third-order valence-electron chi connectivity index (χ3n) is 10.9. The number of aliphatic hydroxyl groups excluding tert-OH is 2. The van der Waals surface area contributed by atoms with Crippen LogP contribution >= 0.6 is 0 Å². The SMILES string of the molecule is C=CC[C@H]1CC2C[C@H]3CCC[C@@H](C[C@@H](O)CC(=O)O[C@@H](CO)C[C@@H]4CC(=CC(=O)OC)[C@H](OC(=O)CCCCCCC)[C@@](O)(O4)C(C)(C)C=C[C@H](O2)O1)O3. The standard InChI is InChI=1S/C41H64O13/c1-6-8-9-10-11-16-35(44)53-39-27(20-36(45)48-5)19-33-25-34(26-42)50-37(46)22-28(43)21-30-14-12-15-31(49-30)24-32-23-29(13-7-2)51-38(52-32)17-18-40(3,4)41(39,47)54-33/h7,17-18,20,28-34,38-39,42-43,47H,2,6,8-16,19,21-26H2,1,3-5H3/t28-,29+,30+,31-,32?,33+,34-,38+,39+,41-/m1/s1. The van der Waals surface area contributed by atoms with E-state index in [1.807, 2.05) is 0 Å². The Morgan fingerprint density at radius 3 is 2.39 bits per heavy atom. The zero-order chi connectivity index (χ0) is 39.3. The van der Waals surface area contributed by atoms with Crippen molar-refractivity contribution < 1.29 is 62.9 Å². The first kappa shape index (κ1) is 44.1. The van der Waals surface area contributed by atoms with Gasteiger partial charge in [0.05, 0.1) is 56.8 Å². The monoisotopic (exact) mass is 764 g/mol. The molecule has 4 aliphatic rings. The number of cyclic esters (lactones) is 1. The third kappa shape index (κ3) is 12.7. The van der Waals surface area contributed by atoms with Crippen LogP contribution in [0.2, 0.25) is 0 Å². The van der Waals surface area contributed by atoms with Gasteiger partial charge in [0.25, 0.3) is 0 Å². The van der Waals surface area contributed by atoms with Crippen LogP contribution in [0.5, 0.6) is 0 Å². The zero-order valence-corrected chi connectivity index (χ0v) is 32.7. The summed E-state index contributed by atoms with van der Waals surface area (Å²) in [7, 11) is 1.22. The maximum Gasteiger partial charge on any atom is 0.330 e. The van der Waals surface area contributed by atoms with Crippen molar-refractivity contribution in [1.82, 2.24) is 0 Å². The normalized spacial score (nSPS) is 35.7. The molecule has 10 atom stereocenters. The molecule has 3 N–H and O–H groups in total. The van der Waals surface area contributed by atoms with Crippen molar-refractivity contribution in [3.05, 3.63) is 36.5 Å². The summed E-state index contributed by atoms with van der Waals surface area (Å²) in [5, 5.41) is 33.9. The highest BCUT2D eigenvalue weighted by Gasteiger charge is 2.57. The molecule has 0 saturated carbocycles. The van der Waals surface area contributed by atoms with Crippen LogP contribution < -0.4 is 0 Å². The Hall–Kier alpha value is -2.65. The van der Waals surface area contributed by atoms with Crippen LogP contribution in [-0.4, -0.2) is 108 Å². The number of rotatable bonds is 11. The Kier molecular flexibility index (Phi) is 17.2. The predicted molar refractivity (Wildman–Crippen MR) is 198 cm³/mol. The topological polar surface area (TPSA) is 177 Å². The van der Waals surface area contributed by atoms with E-state index in [4.69, 9.17) is 33.2 Å². The maximum absolute atomic E-state index is 13.4.